The van der Waals surface area contributed by atoms with E-state index in [9.17, 15) is 15.0 Å². The zero-order chi connectivity index (χ0) is 15.6. The second kappa shape index (κ2) is 6.48. The molecule has 0 spiro atoms. The first-order chi connectivity index (χ1) is 9.95. The second-order valence-electron chi connectivity index (χ2n) is 6.03. The highest BCUT2D eigenvalue weighted by Crippen LogP contribution is 2.40. The fourth-order valence-corrected chi connectivity index (χ4v) is 3.57. The van der Waals surface area contributed by atoms with Crippen molar-refractivity contribution in [2.45, 2.75) is 45.6 Å². The number of methoxy groups -OCH3 is 1. The molecule has 1 aromatic rings. The topological polar surface area (TPSA) is 66.8 Å². The van der Waals surface area contributed by atoms with E-state index in [1.54, 1.807) is 7.11 Å². The smallest absolute Gasteiger partial charge is 0.306 e. The molecule has 21 heavy (non-hydrogen) atoms. The fraction of sp³-hybridized carbons (Fsp3) is 0.588. The Morgan fingerprint density at radius 1 is 1.24 bits per heavy atom. The van der Waals surface area contributed by atoms with E-state index >= 15 is 0 Å². The van der Waals surface area contributed by atoms with Crippen LogP contribution in [0.15, 0.2) is 12.1 Å². The Morgan fingerprint density at radius 2 is 1.81 bits per heavy atom. The Morgan fingerprint density at radius 3 is 2.33 bits per heavy atom. The SMILES string of the molecule is COc1c(C)cc(C(O)C2CCCCC2C(=O)O)cc1C. The molecule has 0 heterocycles. The van der Waals surface area contributed by atoms with E-state index in [0.29, 0.717) is 6.42 Å². The maximum atomic E-state index is 11.4. The Bertz CT molecular complexity index is 501. The summed E-state index contributed by atoms with van der Waals surface area (Å²) >= 11 is 0. The highest BCUT2D eigenvalue weighted by Gasteiger charge is 2.36. The van der Waals surface area contributed by atoms with Gasteiger partial charge >= 0.3 is 5.97 Å². The van der Waals surface area contributed by atoms with Crippen LogP contribution in [0.4, 0.5) is 0 Å². The molecule has 2 N–H and O–H groups in total. The lowest BCUT2D eigenvalue weighted by molar-refractivity contribution is -0.147. The minimum atomic E-state index is -0.791. The Hall–Kier alpha value is -1.55. The van der Waals surface area contributed by atoms with Crippen molar-refractivity contribution in [3.8, 4) is 5.75 Å². The van der Waals surface area contributed by atoms with Crippen LogP contribution in [0.25, 0.3) is 0 Å². The van der Waals surface area contributed by atoms with E-state index in [2.05, 4.69) is 0 Å². The van der Waals surface area contributed by atoms with Crippen molar-refractivity contribution in [2.24, 2.45) is 11.8 Å². The van der Waals surface area contributed by atoms with Gasteiger partial charge < -0.3 is 14.9 Å². The molecule has 1 aliphatic carbocycles. The molecular weight excluding hydrogens is 268 g/mol. The van der Waals surface area contributed by atoms with E-state index in [0.717, 1.165) is 41.7 Å². The summed E-state index contributed by atoms with van der Waals surface area (Å²) < 4.78 is 5.34. The van der Waals surface area contributed by atoms with Gasteiger partial charge in [-0.3, -0.25) is 4.79 Å². The molecule has 4 nitrogen and oxygen atoms in total. The third-order valence-corrected chi connectivity index (χ3v) is 4.57. The molecule has 0 saturated heterocycles. The number of carbonyl (C=O) groups is 1. The van der Waals surface area contributed by atoms with Crippen molar-refractivity contribution in [1.29, 1.82) is 0 Å². The zero-order valence-electron chi connectivity index (χ0n) is 12.9. The van der Waals surface area contributed by atoms with Crippen molar-refractivity contribution in [3.05, 3.63) is 28.8 Å². The van der Waals surface area contributed by atoms with E-state index < -0.39 is 18.0 Å². The Balaban J connectivity index is 2.30. The van der Waals surface area contributed by atoms with Crippen LogP contribution in [0, 0.1) is 25.7 Å². The number of aryl methyl sites for hydroxylation is 2. The number of aliphatic carboxylic acids is 1. The highest BCUT2D eigenvalue weighted by molar-refractivity contribution is 5.70. The van der Waals surface area contributed by atoms with Crippen LogP contribution in [0.5, 0.6) is 5.75 Å². The number of carboxylic acid groups (broad SMARTS) is 1. The van der Waals surface area contributed by atoms with Crippen molar-refractivity contribution < 1.29 is 19.7 Å². The summed E-state index contributed by atoms with van der Waals surface area (Å²) in [5.74, 6) is -0.620. The summed E-state index contributed by atoms with van der Waals surface area (Å²) in [7, 11) is 1.63. The van der Waals surface area contributed by atoms with Gasteiger partial charge in [-0.1, -0.05) is 12.8 Å². The number of hydrogen-bond acceptors (Lipinski definition) is 3. The van der Waals surface area contributed by atoms with Crippen LogP contribution in [-0.2, 0) is 4.79 Å². The van der Waals surface area contributed by atoms with Gasteiger partial charge in [0.15, 0.2) is 0 Å². The van der Waals surface area contributed by atoms with Gasteiger partial charge in [-0.15, -0.1) is 0 Å². The van der Waals surface area contributed by atoms with Crippen molar-refractivity contribution in [3.63, 3.8) is 0 Å². The van der Waals surface area contributed by atoms with Crippen molar-refractivity contribution >= 4 is 5.97 Å². The summed E-state index contributed by atoms with van der Waals surface area (Å²) in [6, 6.07) is 3.81. The average molecular weight is 292 g/mol. The molecule has 116 valence electrons. The van der Waals surface area contributed by atoms with Gasteiger partial charge in [-0.05, 0) is 55.5 Å². The molecule has 0 bridgehead atoms. The molecular formula is C17H24O4. The van der Waals surface area contributed by atoms with Gasteiger partial charge in [0.25, 0.3) is 0 Å². The molecule has 2 rings (SSSR count). The average Bonchev–Trinajstić information content (AvgIpc) is 2.46. The van der Waals surface area contributed by atoms with Crippen molar-refractivity contribution in [1.82, 2.24) is 0 Å². The predicted molar refractivity (Wildman–Crippen MR) is 80.5 cm³/mol. The maximum Gasteiger partial charge on any atom is 0.306 e. The molecule has 1 saturated carbocycles. The first kappa shape index (κ1) is 15.8. The largest absolute Gasteiger partial charge is 0.496 e. The molecule has 3 atom stereocenters. The second-order valence-corrected chi connectivity index (χ2v) is 6.03. The number of aliphatic hydroxyl groups excluding tert-OH is 1. The molecule has 1 aliphatic rings. The third-order valence-electron chi connectivity index (χ3n) is 4.57. The van der Waals surface area contributed by atoms with Crippen LogP contribution < -0.4 is 4.74 Å². The number of aliphatic hydroxyl groups is 1. The molecule has 0 radical (unpaired) electrons. The third kappa shape index (κ3) is 3.21. The monoisotopic (exact) mass is 292 g/mol. The number of ether oxygens (including phenoxy) is 1. The molecule has 3 unspecified atom stereocenters. The lowest BCUT2D eigenvalue weighted by Gasteiger charge is -2.32. The summed E-state index contributed by atoms with van der Waals surface area (Å²) in [6.07, 6.45) is 2.61. The zero-order valence-corrected chi connectivity index (χ0v) is 12.9. The summed E-state index contributed by atoms with van der Waals surface area (Å²) in [5, 5.41) is 20.0. The molecule has 1 aromatic carbocycles. The van der Waals surface area contributed by atoms with Crippen LogP contribution >= 0.6 is 0 Å². The van der Waals surface area contributed by atoms with Gasteiger partial charge in [-0.2, -0.15) is 0 Å². The van der Waals surface area contributed by atoms with Gasteiger partial charge in [0.1, 0.15) is 5.75 Å². The van der Waals surface area contributed by atoms with Gasteiger partial charge in [0, 0.05) is 5.92 Å². The summed E-state index contributed by atoms with van der Waals surface area (Å²) in [4.78, 5) is 11.4. The quantitative estimate of drug-likeness (QED) is 0.894. The molecule has 0 aliphatic heterocycles. The van der Waals surface area contributed by atoms with E-state index in [-0.39, 0.29) is 5.92 Å². The lowest BCUT2D eigenvalue weighted by atomic mass is 9.74. The molecule has 4 heteroatoms. The number of hydrogen-bond donors (Lipinski definition) is 2. The van der Waals surface area contributed by atoms with Gasteiger partial charge in [-0.25, -0.2) is 0 Å². The first-order valence-corrected chi connectivity index (χ1v) is 7.51. The van der Waals surface area contributed by atoms with Crippen LogP contribution in [0.2, 0.25) is 0 Å². The molecule has 0 aromatic heterocycles. The predicted octanol–water partition coefficient (Wildman–Crippen LogP) is 3.24. The van der Waals surface area contributed by atoms with E-state index in [4.69, 9.17) is 4.74 Å². The summed E-state index contributed by atoms with van der Waals surface area (Å²) in [6.45, 7) is 3.88. The van der Waals surface area contributed by atoms with Crippen LogP contribution in [0.3, 0.4) is 0 Å². The van der Waals surface area contributed by atoms with Crippen molar-refractivity contribution in [2.75, 3.05) is 7.11 Å². The minimum Gasteiger partial charge on any atom is -0.496 e. The normalized spacial score (nSPS) is 23.6. The maximum absolute atomic E-state index is 11.4. The number of rotatable bonds is 4. The fourth-order valence-electron chi connectivity index (χ4n) is 3.57. The minimum absolute atomic E-state index is 0.205. The van der Waals surface area contributed by atoms with E-state index in [1.165, 1.54) is 0 Å². The summed E-state index contributed by atoms with van der Waals surface area (Å²) in [5.41, 5.74) is 2.73. The number of carboxylic acids is 1. The lowest BCUT2D eigenvalue weighted by Crippen LogP contribution is -2.31. The first-order valence-electron chi connectivity index (χ1n) is 7.51. The van der Waals surface area contributed by atoms with Gasteiger partial charge in [0.05, 0.1) is 19.1 Å². The highest BCUT2D eigenvalue weighted by atomic mass is 16.5. The molecule has 0 amide bonds. The Labute approximate surface area is 125 Å². The number of benzene rings is 1. The van der Waals surface area contributed by atoms with Gasteiger partial charge in [0.2, 0.25) is 0 Å². The standard InChI is InChI=1S/C17H24O4/c1-10-8-12(9-11(2)16(10)21-3)15(18)13-6-4-5-7-14(13)17(19)20/h8-9,13-15,18H,4-7H2,1-3H3,(H,19,20). The molecule has 1 fully saturated rings. The van der Waals surface area contributed by atoms with E-state index in [1.807, 2.05) is 26.0 Å². The van der Waals surface area contributed by atoms with Crippen LogP contribution in [-0.4, -0.2) is 23.3 Å². The van der Waals surface area contributed by atoms with Crippen LogP contribution in [0.1, 0.15) is 48.5 Å². The Kier molecular flexibility index (Phi) is 4.88.